The first kappa shape index (κ1) is 19.8. The van der Waals surface area contributed by atoms with Crippen LogP contribution in [0.15, 0.2) is 53.4 Å². The van der Waals surface area contributed by atoms with Gasteiger partial charge in [-0.15, -0.1) is 0 Å². The van der Waals surface area contributed by atoms with Crippen LogP contribution in [0.2, 0.25) is 5.02 Å². The average Bonchev–Trinajstić information content (AvgIpc) is 3.19. The van der Waals surface area contributed by atoms with Crippen LogP contribution in [0.1, 0.15) is 28.8 Å². The van der Waals surface area contributed by atoms with Crippen molar-refractivity contribution in [3.05, 3.63) is 64.7 Å². The van der Waals surface area contributed by atoms with E-state index in [1.807, 2.05) is 30.3 Å². The van der Waals surface area contributed by atoms with Gasteiger partial charge in [0.1, 0.15) is 4.90 Å². The van der Waals surface area contributed by atoms with Crippen molar-refractivity contribution in [3.8, 4) is 0 Å². The Hall–Kier alpha value is -1.93. The van der Waals surface area contributed by atoms with Gasteiger partial charge in [-0.1, -0.05) is 41.9 Å². The Morgan fingerprint density at radius 3 is 2.67 bits per heavy atom. The normalized spacial score (nSPS) is 17.0. The van der Waals surface area contributed by atoms with Crippen LogP contribution in [-0.4, -0.2) is 33.6 Å². The maximum absolute atomic E-state index is 12.6. The Morgan fingerprint density at radius 2 is 1.96 bits per heavy atom. The molecule has 1 saturated heterocycles. The highest BCUT2D eigenvalue weighted by atomic mass is 35.5. The highest BCUT2D eigenvalue weighted by molar-refractivity contribution is 7.89. The van der Waals surface area contributed by atoms with Gasteiger partial charge in [-0.3, -0.25) is 4.79 Å². The molecule has 0 saturated carbocycles. The van der Waals surface area contributed by atoms with Crippen LogP contribution in [0.5, 0.6) is 0 Å². The number of carbonyl (C=O) groups is 1. The monoisotopic (exact) mass is 408 g/mol. The second-order valence-corrected chi connectivity index (χ2v) is 8.44. The van der Waals surface area contributed by atoms with Gasteiger partial charge in [-0.25, -0.2) is 13.1 Å². The molecule has 1 aliphatic rings. The van der Waals surface area contributed by atoms with Crippen LogP contribution in [0.3, 0.4) is 0 Å². The van der Waals surface area contributed by atoms with Crippen molar-refractivity contribution in [1.82, 2.24) is 10.0 Å². The topological polar surface area (TPSA) is 84.5 Å². The molecule has 2 aromatic carbocycles. The van der Waals surface area contributed by atoms with Gasteiger partial charge in [0.05, 0.1) is 11.1 Å². The lowest BCUT2D eigenvalue weighted by Crippen LogP contribution is -2.32. The van der Waals surface area contributed by atoms with Gasteiger partial charge < -0.3 is 10.1 Å². The van der Waals surface area contributed by atoms with Crippen molar-refractivity contribution in [2.24, 2.45) is 0 Å². The molecule has 144 valence electrons. The highest BCUT2D eigenvalue weighted by Gasteiger charge is 2.21. The van der Waals surface area contributed by atoms with Crippen molar-refractivity contribution >= 4 is 27.5 Å². The summed E-state index contributed by atoms with van der Waals surface area (Å²) in [6, 6.07) is 13.4. The molecule has 1 atom stereocenters. The quantitative estimate of drug-likeness (QED) is 0.737. The number of rotatable bonds is 7. The Morgan fingerprint density at radius 1 is 1.19 bits per heavy atom. The molecule has 1 heterocycles. The molecule has 0 spiro atoms. The average molecular weight is 409 g/mol. The molecule has 0 aliphatic carbocycles. The zero-order chi connectivity index (χ0) is 19.3. The maximum atomic E-state index is 12.6. The van der Waals surface area contributed by atoms with Crippen LogP contribution < -0.4 is 10.0 Å². The molecule has 0 aromatic heterocycles. The summed E-state index contributed by atoms with van der Waals surface area (Å²) in [5.41, 5.74) is 1.06. The number of halogens is 1. The van der Waals surface area contributed by atoms with Gasteiger partial charge in [-0.2, -0.15) is 0 Å². The Labute approximate surface area is 163 Å². The molecule has 1 aliphatic heterocycles. The van der Waals surface area contributed by atoms with Crippen LogP contribution in [-0.2, 0) is 21.3 Å². The third-order valence-electron chi connectivity index (χ3n) is 4.31. The Bertz CT molecular complexity index is 897. The van der Waals surface area contributed by atoms with E-state index in [4.69, 9.17) is 16.3 Å². The lowest BCUT2D eigenvalue weighted by atomic mass is 10.2. The fourth-order valence-corrected chi connectivity index (χ4v) is 4.36. The van der Waals surface area contributed by atoms with E-state index in [9.17, 15) is 13.2 Å². The minimum Gasteiger partial charge on any atom is -0.376 e. The lowest BCUT2D eigenvalue weighted by molar-refractivity contribution is 0.0857. The molecular weight excluding hydrogens is 388 g/mol. The molecule has 2 N–H and O–H groups in total. The van der Waals surface area contributed by atoms with Crippen LogP contribution in [0.4, 0.5) is 0 Å². The summed E-state index contributed by atoms with van der Waals surface area (Å²) in [6.45, 7) is 1.24. The van der Waals surface area contributed by atoms with Gasteiger partial charge in [0.2, 0.25) is 10.0 Å². The van der Waals surface area contributed by atoms with E-state index in [-0.39, 0.29) is 34.0 Å². The molecule has 2 aromatic rings. The van der Waals surface area contributed by atoms with E-state index in [0.29, 0.717) is 13.2 Å². The summed E-state index contributed by atoms with van der Waals surface area (Å²) in [4.78, 5) is 12.2. The summed E-state index contributed by atoms with van der Waals surface area (Å²) in [7, 11) is -3.86. The first-order chi connectivity index (χ1) is 13.0. The molecule has 0 bridgehead atoms. The van der Waals surface area contributed by atoms with Gasteiger partial charge in [0.25, 0.3) is 5.91 Å². The fraction of sp³-hybridized carbons (Fsp3) is 0.316. The third-order valence-corrected chi connectivity index (χ3v) is 6.19. The van der Waals surface area contributed by atoms with Gasteiger partial charge >= 0.3 is 0 Å². The first-order valence-electron chi connectivity index (χ1n) is 8.68. The predicted octanol–water partition coefficient (Wildman–Crippen LogP) is 2.73. The van der Waals surface area contributed by atoms with Crippen LogP contribution >= 0.6 is 11.6 Å². The number of nitrogens with one attached hydrogen (secondary N) is 2. The van der Waals surface area contributed by atoms with E-state index < -0.39 is 10.0 Å². The number of ether oxygens (including phenoxy) is 1. The van der Waals surface area contributed by atoms with Crippen molar-refractivity contribution in [1.29, 1.82) is 0 Å². The zero-order valence-electron chi connectivity index (χ0n) is 14.7. The van der Waals surface area contributed by atoms with Gasteiger partial charge in [0, 0.05) is 25.3 Å². The molecule has 1 amide bonds. The first-order valence-corrected chi connectivity index (χ1v) is 10.5. The highest BCUT2D eigenvalue weighted by Crippen LogP contribution is 2.23. The van der Waals surface area contributed by atoms with Gasteiger partial charge in [0.15, 0.2) is 0 Å². The molecule has 0 radical (unpaired) electrons. The fourth-order valence-electron chi connectivity index (χ4n) is 2.82. The number of hydrogen-bond donors (Lipinski definition) is 2. The summed E-state index contributed by atoms with van der Waals surface area (Å²) in [5, 5.41) is 2.84. The minimum atomic E-state index is -3.86. The number of amides is 1. The number of benzene rings is 2. The summed E-state index contributed by atoms with van der Waals surface area (Å²) < 4.78 is 33.2. The predicted molar refractivity (Wildman–Crippen MR) is 103 cm³/mol. The van der Waals surface area contributed by atoms with Crippen molar-refractivity contribution in [2.45, 2.75) is 30.4 Å². The molecule has 1 unspecified atom stereocenters. The number of sulfonamides is 1. The maximum Gasteiger partial charge on any atom is 0.251 e. The van der Waals surface area contributed by atoms with E-state index in [1.54, 1.807) is 0 Å². The molecule has 3 rings (SSSR count). The van der Waals surface area contributed by atoms with E-state index >= 15 is 0 Å². The number of hydrogen-bond acceptors (Lipinski definition) is 4. The third kappa shape index (κ3) is 5.29. The Kier molecular flexibility index (Phi) is 6.49. The molecule has 8 heteroatoms. The molecular formula is C19H21ClN2O4S. The molecule has 1 fully saturated rings. The van der Waals surface area contributed by atoms with Crippen molar-refractivity contribution in [2.75, 3.05) is 13.2 Å². The minimum absolute atomic E-state index is 0.0111. The summed E-state index contributed by atoms with van der Waals surface area (Å²) in [6.07, 6.45) is 1.90. The van der Waals surface area contributed by atoms with E-state index in [0.717, 1.165) is 18.4 Å². The van der Waals surface area contributed by atoms with E-state index in [1.165, 1.54) is 18.2 Å². The van der Waals surface area contributed by atoms with E-state index in [2.05, 4.69) is 10.0 Å². The largest absolute Gasteiger partial charge is 0.376 e. The smallest absolute Gasteiger partial charge is 0.251 e. The summed E-state index contributed by atoms with van der Waals surface area (Å²) in [5.74, 6) is -0.360. The summed E-state index contributed by atoms with van der Waals surface area (Å²) >= 11 is 6.08. The molecule has 6 nitrogen and oxygen atoms in total. The van der Waals surface area contributed by atoms with Crippen LogP contribution in [0.25, 0.3) is 0 Å². The standard InChI is InChI=1S/C19H21ClN2O4S/c20-17-9-8-15(19(23)21-13-16-7-4-10-26-16)11-18(17)27(24,25)22-12-14-5-2-1-3-6-14/h1-3,5-6,8-9,11,16,22H,4,7,10,12-13H2,(H,21,23). The molecule has 27 heavy (non-hydrogen) atoms. The van der Waals surface area contributed by atoms with Crippen molar-refractivity contribution < 1.29 is 17.9 Å². The SMILES string of the molecule is O=C(NCC1CCCO1)c1ccc(Cl)c(S(=O)(=O)NCc2ccccc2)c1. The number of carbonyl (C=O) groups excluding carboxylic acids is 1. The second-order valence-electron chi connectivity index (χ2n) is 6.30. The van der Waals surface area contributed by atoms with Crippen molar-refractivity contribution in [3.63, 3.8) is 0 Å². The van der Waals surface area contributed by atoms with Gasteiger partial charge in [-0.05, 0) is 36.6 Å². The van der Waals surface area contributed by atoms with Crippen LogP contribution in [0, 0.1) is 0 Å². The second kappa shape index (κ2) is 8.84. The lowest BCUT2D eigenvalue weighted by Gasteiger charge is -2.12. The Balaban J connectivity index is 1.70. The zero-order valence-corrected chi connectivity index (χ0v) is 16.2.